The van der Waals surface area contributed by atoms with Crippen molar-refractivity contribution in [2.75, 3.05) is 18.4 Å². The maximum atomic E-state index is 12.5. The quantitative estimate of drug-likeness (QED) is 0.671. The molecule has 0 spiro atoms. The Morgan fingerprint density at radius 2 is 1.61 bits per heavy atom. The van der Waals surface area contributed by atoms with Gasteiger partial charge in [0.1, 0.15) is 0 Å². The molecule has 152 valence electrons. The molecule has 9 nitrogen and oxygen atoms in total. The molecule has 1 aliphatic carbocycles. The van der Waals surface area contributed by atoms with Crippen molar-refractivity contribution in [1.29, 1.82) is 0 Å². The van der Waals surface area contributed by atoms with Crippen LogP contribution in [0.1, 0.15) is 32.6 Å². The van der Waals surface area contributed by atoms with Gasteiger partial charge in [0.25, 0.3) is 10.0 Å². The van der Waals surface area contributed by atoms with Gasteiger partial charge in [0.2, 0.25) is 11.8 Å². The van der Waals surface area contributed by atoms with Crippen LogP contribution in [0, 0.1) is 5.92 Å². The minimum Gasteiger partial charge on any atom is -0.335 e. The zero-order chi connectivity index (χ0) is 20.3. The van der Waals surface area contributed by atoms with Crippen molar-refractivity contribution in [2.24, 2.45) is 5.92 Å². The molecule has 4 amide bonds. The number of urea groups is 1. The number of anilines is 1. The van der Waals surface area contributed by atoms with E-state index in [1.165, 1.54) is 24.3 Å². The van der Waals surface area contributed by atoms with Gasteiger partial charge in [-0.25, -0.2) is 17.9 Å². The molecule has 0 radical (unpaired) electrons. The summed E-state index contributed by atoms with van der Waals surface area (Å²) in [6, 6.07) is 5.86. The van der Waals surface area contributed by atoms with Crippen molar-refractivity contribution in [3.05, 3.63) is 24.3 Å². The smallest absolute Gasteiger partial charge is 0.317 e. The summed E-state index contributed by atoms with van der Waals surface area (Å²) >= 11 is 0. The second-order valence-corrected chi connectivity index (χ2v) is 8.84. The lowest BCUT2D eigenvalue weighted by atomic mass is 9.96. The normalized spacial score (nSPS) is 17.7. The van der Waals surface area contributed by atoms with Crippen LogP contribution in [0.3, 0.4) is 0 Å². The van der Waals surface area contributed by atoms with Crippen molar-refractivity contribution < 1.29 is 22.8 Å². The van der Waals surface area contributed by atoms with Crippen LogP contribution in [-0.2, 0) is 19.6 Å². The first-order chi connectivity index (χ1) is 13.2. The van der Waals surface area contributed by atoms with E-state index in [2.05, 4.69) is 10.6 Å². The fourth-order valence-corrected chi connectivity index (χ4v) is 4.04. The molecule has 0 unspecified atom stereocenters. The lowest BCUT2D eigenvalue weighted by Crippen LogP contribution is -2.46. The third kappa shape index (κ3) is 5.22. The number of carbonyl (C=O) groups excluding carboxylic acids is 3. The molecular weight excluding hydrogens is 384 g/mol. The summed E-state index contributed by atoms with van der Waals surface area (Å²) in [6.45, 7) is 2.18. The highest BCUT2D eigenvalue weighted by Crippen LogP contribution is 2.22. The van der Waals surface area contributed by atoms with Crippen molar-refractivity contribution in [3.63, 3.8) is 0 Å². The summed E-state index contributed by atoms with van der Waals surface area (Å²) in [5.74, 6) is -1.03. The van der Waals surface area contributed by atoms with Gasteiger partial charge in [-0.05, 0) is 49.9 Å². The number of nitrogens with one attached hydrogen (secondary N) is 3. The van der Waals surface area contributed by atoms with Crippen molar-refractivity contribution in [2.45, 2.75) is 43.5 Å². The molecule has 2 fully saturated rings. The number of piperidine rings is 1. The second kappa shape index (κ2) is 8.17. The van der Waals surface area contributed by atoms with Gasteiger partial charge in [-0.1, -0.05) is 0 Å². The Labute approximate surface area is 163 Å². The molecule has 3 N–H and O–H groups in total. The van der Waals surface area contributed by atoms with Crippen LogP contribution >= 0.6 is 0 Å². The summed E-state index contributed by atoms with van der Waals surface area (Å²) in [5.41, 5.74) is 0.473. The standard InChI is InChI=1S/C18H24N4O5S/c1-12(23)21-28(26,27)16-6-4-14(5-7-16)19-17(24)13-8-10-22(11-9-13)18(25)20-15-2-3-15/h4-7,13,15H,2-3,8-11H2,1H3,(H,19,24)(H,20,25)(H,21,23). The zero-order valence-corrected chi connectivity index (χ0v) is 16.4. The predicted octanol–water partition coefficient (Wildman–Crippen LogP) is 1.03. The topological polar surface area (TPSA) is 125 Å². The summed E-state index contributed by atoms with van der Waals surface area (Å²) in [4.78, 5) is 37.1. The Bertz CT molecular complexity index is 856. The lowest BCUT2D eigenvalue weighted by molar-refractivity contribution is -0.121. The van der Waals surface area contributed by atoms with Gasteiger partial charge in [-0.2, -0.15) is 0 Å². The average Bonchev–Trinajstić information content (AvgIpc) is 3.45. The van der Waals surface area contributed by atoms with E-state index in [1.54, 1.807) is 4.90 Å². The molecule has 10 heteroatoms. The number of likely N-dealkylation sites (tertiary alicyclic amines) is 1. The van der Waals surface area contributed by atoms with Crippen LogP contribution < -0.4 is 15.4 Å². The molecule has 0 aromatic heterocycles. The van der Waals surface area contributed by atoms with E-state index >= 15 is 0 Å². The average molecular weight is 408 g/mol. The third-order valence-electron chi connectivity index (χ3n) is 4.77. The number of hydrogen-bond donors (Lipinski definition) is 3. The molecule has 3 rings (SSSR count). The largest absolute Gasteiger partial charge is 0.335 e. The van der Waals surface area contributed by atoms with Crippen molar-refractivity contribution in [1.82, 2.24) is 14.9 Å². The molecule has 1 saturated heterocycles. The number of benzene rings is 1. The predicted molar refractivity (Wildman–Crippen MR) is 102 cm³/mol. The summed E-state index contributed by atoms with van der Waals surface area (Å²) < 4.78 is 25.7. The number of nitrogens with zero attached hydrogens (tertiary/aromatic N) is 1. The molecule has 1 heterocycles. The zero-order valence-electron chi connectivity index (χ0n) is 15.6. The second-order valence-electron chi connectivity index (χ2n) is 7.16. The minimum absolute atomic E-state index is 0.0580. The van der Waals surface area contributed by atoms with Gasteiger partial charge >= 0.3 is 6.03 Å². The first kappa shape index (κ1) is 20.1. The van der Waals surface area contributed by atoms with Gasteiger partial charge < -0.3 is 15.5 Å². The van der Waals surface area contributed by atoms with E-state index in [0.29, 0.717) is 37.7 Å². The van der Waals surface area contributed by atoms with E-state index in [-0.39, 0.29) is 22.8 Å². The van der Waals surface area contributed by atoms with E-state index in [4.69, 9.17) is 0 Å². The van der Waals surface area contributed by atoms with E-state index in [9.17, 15) is 22.8 Å². The molecular formula is C18H24N4O5S. The fourth-order valence-electron chi connectivity index (χ4n) is 3.05. The van der Waals surface area contributed by atoms with Crippen molar-refractivity contribution in [3.8, 4) is 0 Å². The Kier molecular flexibility index (Phi) is 5.87. The fraction of sp³-hybridized carbons (Fsp3) is 0.500. The SMILES string of the molecule is CC(=O)NS(=O)(=O)c1ccc(NC(=O)C2CCN(C(=O)NC3CC3)CC2)cc1. The molecule has 28 heavy (non-hydrogen) atoms. The summed E-state index contributed by atoms with van der Waals surface area (Å²) in [5, 5.41) is 5.72. The van der Waals surface area contributed by atoms with Crippen molar-refractivity contribution >= 4 is 33.6 Å². The third-order valence-corrected chi connectivity index (χ3v) is 6.22. The number of rotatable bonds is 5. The summed E-state index contributed by atoms with van der Waals surface area (Å²) in [7, 11) is -3.90. The van der Waals surface area contributed by atoms with E-state index in [1.807, 2.05) is 4.72 Å². The molecule has 1 aromatic rings. The van der Waals surface area contributed by atoms with Crippen LogP contribution in [0.5, 0.6) is 0 Å². The van der Waals surface area contributed by atoms with Crippen LogP contribution in [0.4, 0.5) is 10.5 Å². The number of sulfonamides is 1. The first-order valence-electron chi connectivity index (χ1n) is 9.24. The molecule has 2 aliphatic rings. The molecule has 1 saturated carbocycles. The highest BCUT2D eigenvalue weighted by molar-refractivity contribution is 7.90. The first-order valence-corrected chi connectivity index (χ1v) is 10.7. The van der Waals surface area contributed by atoms with Gasteiger partial charge in [0.05, 0.1) is 4.90 Å². The Balaban J connectivity index is 1.51. The van der Waals surface area contributed by atoms with E-state index in [0.717, 1.165) is 19.8 Å². The van der Waals surface area contributed by atoms with Gasteiger partial charge in [0, 0.05) is 37.7 Å². The van der Waals surface area contributed by atoms with Crippen LogP contribution in [0.15, 0.2) is 29.2 Å². The highest BCUT2D eigenvalue weighted by atomic mass is 32.2. The maximum absolute atomic E-state index is 12.5. The molecule has 1 aromatic carbocycles. The summed E-state index contributed by atoms with van der Waals surface area (Å²) in [6.07, 6.45) is 3.24. The Hall–Kier alpha value is -2.62. The Morgan fingerprint density at radius 3 is 2.14 bits per heavy atom. The molecule has 0 atom stereocenters. The monoisotopic (exact) mass is 408 g/mol. The highest BCUT2D eigenvalue weighted by Gasteiger charge is 2.30. The number of hydrogen-bond acceptors (Lipinski definition) is 5. The van der Waals surface area contributed by atoms with Gasteiger partial charge in [0.15, 0.2) is 0 Å². The van der Waals surface area contributed by atoms with Crippen LogP contribution in [-0.4, -0.2) is 50.3 Å². The van der Waals surface area contributed by atoms with Gasteiger partial charge in [-0.3, -0.25) is 9.59 Å². The maximum Gasteiger partial charge on any atom is 0.317 e. The Morgan fingerprint density at radius 1 is 1.00 bits per heavy atom. The minimum atomic E-state index is -3.90. The van der Waals surface area contributed by atoms with Crippen LogP contribution in [0.25, 0.3) is 0 Å². The lowest BCUT2D eigenvalue weighted by Gasteiger charge is -2.31. The number of amides is 4. The van der Waals surface area contributed by atoms with E-state index < -0.39 is 15.9 Å². The van der Waals surface area contributed by atoms with Gasteiger partial charge in [-0.15, -0.1) is 0 Å². The van der Waals surface area contributed by atoms with Crippen LogP contribution in [0.2, 0.25) is 0 Å². The molecule has 1 aliphatic heterocycles. The molecule has 0 bridgehead atoms. The number of carbonyl (C=O) groups is 3.